The molecule has 26 heavy (non-hydrogen) atoms. The molecule has 0 aromatic carbocycles. The smallest absolute Gasteiger partial charge is 0.101 e. The van der Waals surface area contributed by atoms with Gasteiger partial charge in [0.2, 0.25) is 0 Å². The fourth-order valence-corrected chi connectivity index (χ4v) is 4.12. The van der Waals surface area contributed by atoms with Crippen LogP contribution < -0.4 is 0 Å². The third-order valence-corrected chi connectivity index (χ3v) is 5.51. The van der Waals surface area contributed by atoms with Crippen molar-refractivity contribution in [3.05, 3.63) is 37.2 Å². The fourth-order valence-electron chi connectivity index (χ4n) is 4.12. The molecule has 4 rings (SSSR count). The lowest BCUT2D eigenvalue weighted by Gasteiger charge is -2.24. The first kappa shape index (κ1) is 18.2. The second-order valence-electron chi connectivity index (χ2n) is 7.03. The molecular weight excluding hydrogens is 332 g/mol. The Morgan fingerprint density at radius 1 is 0.846 bits per heavy atom. The van der Waals surface area contributed by atoms with Gasteiger partial charge in [-0.05, 0) is 31.7 Å². The minimum absolute atomic E-state index is 0.120. The molecule has 0 amide bonds. The number of hydrogen-bond donors (Lipinski definition) is 2. The van der Waals surface area contributed by atoms with Crippen LogP contribution in [0.3, 0.4) is 0 Å². The zero-order valence-corrected chi connectivity index (χ0v) is 14.9. The number of nitrogens with zero attached hydrogens (tertiary/aromatic N) is 6. The lowest BCUT2D eigenvalue weighted by Crippen LogP contribution is -2.32. The molecular formula is C18H26N6O2. The maximum Gasteiger partial charge on any atom is 0.101 e. The van der Waals surface area contributed by atoms with E-state index in [4.69, 9.17) is 10.4 Å². The van der Waals surface area contributed by atoms with Crippen molar-refractivity contribution in [3.8, 4) is 0 Å². The Balaban J connectivity index is 0.000000151. The Morgan fingerprint density at radius 2 is 1.46 bits per heavy atom. The summed E-state index contributed by atoms with van der Waals surface area (Å²) in [5, 5.41) is 27.8. The van der Waals surface area contributed by atoms with E-state index in [1.165, 1.54) is 25.7 Å². The molecule has 2 fully saturated rings. The largest absolute Gasteiger partial charge is 0.411 e. The molecule has 2 N–H and O–H groups in total. The van der Waals surface area contributed by atoms with E-state index in [1.54, 1.807) is 31.2 Å². The molecule has 0 bridgehead atoms. The van der Waals surface area contributed by atoms with Crippen molar-refractivity contribution < 1.29 is 10.4 Å². The number of hydrogen-bond acceptors (Lipinski definition) is 6. The van der Waals surface area contributed by atoms with Crippen LogP contribution in [0.15, 0.2) is 47.5 Å². The van der Waals surface area contributed by atoms with Crippen LogP contribution in [-0.4, -0.2) is 42.2 Å². The maximum atomic E-state index is 8.63. The number of imidazole rings is 1. The van der Waals surface area contributed by atoms with Gasteiger partial charge in [-0.2, -0.15) is 5.10 Å². The van der Waals surface area contributed by atoms with Gasteiger partial charge in [0.25, 0.3) is 0 Å². The monoisotopic (exact) mass is 358 g/mol. The third-order valence-electron chi connectivity index (χ3n) is 5.51. The van der Waals surface area contributed by atoms with Gasteiger partial charge in [0.05, 0.1) is 24.3 Å². The average Bonchev–Trinajstić information content (AvgIpc) is 3.41. The predicted molar refractivity (Wildman–Crippen MR) is 97.9 cm³/mol. The first-order chi connectivity index (χ1) is 12.7. The Bertz CT molecular complexity index is 634. The molecule has 0 atom stereocenters. The first-order valence-corrected chi connectivity index (χ1v) is 9.10. The minimum atomic E-state index is -0.168. The lowest BCUT2D eigenvalue weighted by molar-refractivity contribution is 0.303. The highest BCUT2D eigenvalue weighted by atomic mass is 16.4. The van der Waals surface area contributed by atoms with E-state index in [0.29, 0.717) is 0 Å². The molecule has 0 spiro atoms. The van der Waals surface area contributed by atoms with Crippen LogP contribution in [0.25, 0.3) is 0 Å². The van der Waals surface area contributed by atoms with Crippen LogP contribution in [0, 0.1) is 0 Å². The van der Waals surface area contributed by atoms with Crippen molar-refractivity contribution in [2.45, 2.75) is 62.4 Å². The highest BCUT2D eigenvalue weighted by molar-refractivity contribution is 5.68. The summed E-state index contributed by atoms with van der Waals surface area (Å²) in [7, 11) is 0. The Kier molecular flexibility index (Phi) is 5.70. The molecule has 2 saturated carbocycles. The van der Waals surface area contributed by atoms with Gasteiger partial charge in [0, 0.05) is 24.8 Å². The maximum absolute atomic E-state index is 8.63. The topological polar surface area (TPSA) is 101 Å². The first-order valence-electron chi connectivity index (χ1n) is 9.10. The van der Waals surface area contributed by atoms with Crippen LogP contribution in [0.4, 0.5) is 0 Å². The Morgan fingerprint density at radius 3 is 1.96 bits per heavy atom. The van der Waals surface area contributed by atoms with E-state index in [1.807, 2.05) is 27.7 Å². The summed E-state index contributed by atoms with van der Waals surface area (Å²) in [6, 6.07) is 1.89. The average molecular weight is 358 g/mol. The summed E-state index contributed by atoms with van der Waals surface area (Å²) in [6.45, 7) is 0. The van der Waals surface area contributed by atoms with Gasteiger partial charge in [0.15, 0.2) is 0 Å². The zero-order chi connectivity index (χ0) is 18.3. The molecule has 8 nitrogen and oxygen atoms in total. The summed E-state index contributed by atoms with van der Waals surface area (Å²) in [5.41, 5.74) is -0.288. The third kappa shape index (κ3) is 3.63. The predicted octanol–water partition coefficient (Wildman–Crippen LogP) is 3.22. The SMILES string of the molecule is ON=CC1(n2cccn2)CCCC1.ON=CC1(n2ccnc2)CCCC1. The van der Waals surface area contributed by atoms with Gasteiger partial charge >= 0.3 is 0 Å². The quantitative estimate of drug-likeness (QED) is 0.498. The van der Waals surface area contributed by atoms with E-state index in [9.17, 15) is 0 Å². The van der Waals surface area contributed by atoms with Crippen molar-refractivity contribution in [1.82, 2.24) is 19.3 Å². The summed E-state index contributed by atoms with van der Waals surface area (Å²) < 4.78 is 3.92. The van der Waals surface area contributed by atoms with Crippen LogP contribution in [0.1, 0.15) is 51.4 Å². The minimum Gasteiger partial charge on any atom is -0.411 e. The van der Waals surface area contributed by atoms with E-state index < -0.39 is 0 Å². The summed E-state index contributed by atoms with van der Waals surface area (Å²) in [4.78, 5) is 4.01. The van der Waals surface area contributed by atoms with E-state index in [-0.39, 0.29) is 11.1 Å². The molecule has 2 aliphatic carbocycles. The normalized spacial score (nSPS) is 21.2. The number of oxime groups is 2. The highest BCUT2D eigenvalue weighted by Gasteiger charge is 2.35. The van der Waals surface area contributed by atoms with Crippen LogP contribution in [0.5, 0.6) is 0 Å². The van der Waals surface area contributed by atoms with Crippen molar-refractivity contribution in [1.29, 1.82) is 0 Å². The molecule has 2 heterocycles. The lowest BCUT2D eigenvalue weighted by atomic mass is 9.99. The van der Waals surface area contributed by atoms with Crippen LogP contribution >= 0.6 is 0 Å². The summed E-state index contributed by atoms with van der Waals surface area (Å²) in [6.07, 6.45) is 21.2. The van der Waals surface area contributed by atoms with E-state index in [0.717, 1.165) is 25.7 Å². The number of aromatic nitrogens is 4. The fraction of sp³-hybridized carbons (Fsp3) is 0.556. The van der Waals surface area contributed by atoms with Crippen LogP contribution in [0.2, 0.25) is 0 Å². The number of rotatable bonds is 4. The van der Waals surface area contributed by atoms with E-state index >= 15 is 0 Å². The van der Waals surface area contributed by atoms with Crippen molar-refractivity contribution in [2.24, 2.45) is 10.3 Å². The Labute approximate surface area is 152 Å². The standard InChI is InChI=1S/2C9H13N3O/c13-11-8-9(4-1-2-5-9)12-7-3-6-10-12;13-11-7-9(3-1-2-4-9)12-6-5-10-8-12/h3,6-8,13H,1-2,4-5H2;5-8,13H,1-4H2. The van der Waals surface area contributed by atoms with Crippen molar-refractivity contribution in [2.75, 3.05) is 0 Å². The summed E-state index contributed by atoms with van der Waals surface area (Å²) >= 11 is 0. The van der Waals surface area contributed by atoms with Crippen molar-refractivity contribution >= 4 is 12.4 Å². The second-order valence-corrected chi connectivity index (χ2v) is 7.03. The zero-order valence-electron chi connectivity index (χ0n) is 14.9. The molecule has 0 unspecified atom stereocenters. The van der Waals surface area contributed by atoms with E-state index in [2.05, 4.69) is 20.4 Å². The second kappa shape index (κ2) is 8.16. The molecule has 8 heteroatoms. The molecule has 0 saturated heterocycles. The van der Waals surface area contributed by atoms with Crippen molar-refractivity contribution in [3.63, 3.8) is 0 Å². The molecule has 0 aliphatic heterocycles. The van der Waals surface area contributed by atoms with Gasteiger partial charge in [-0.15, -0.1) is 0 Å². The summed E-state index contributed by atoms with van der Waals surface area (Å²) in [5.74, 6) is 0. The van der Waals surface area contributed by atoms with Gasteiger partial charge in [-0.25, -0.2) is 4.98 Å². The van der Waals surface area contributed by atoms with Gasteiger partial charge in [0.1, 0.15) is 5.54 Å². The molecule has 2 aliphatic rings. The van der Waals surface area contributed by atoms with Gasteiger partial charge < -0.3 is 15.0 Å². The van der Waals surface area contributed by atoms with Crippen LogP contribution in [-0.2, 0) is 11.1 Å². The molecule has 0 radical (unpaired) electrons. The Hall–Kier alpha value is -2.64. The molecule has 2 aromatic heterocycles. The molecule has 2 aromatic rings. The molecule has 140 valence electrons. The highest BCUT2D eigenvalue weighted by Crippen LogP contribution is 2.35. The van der Waals surface area contributed by atoms with Gasteiger partial charge in [-0.1, -0.05) is 36.0 Å². The van der Waals surface area contributed by atoms with Gasteiger partial charge in [-0.3, -0.25) is 4.68 Å².